The highest BCUT2D eigenvalue weighted by Crippen LogP contribution is 2.39. The van der Waals surface area contributed by atoms with E-state index < -0.39 is 81.5 Å². The second-order valence-electron chi connectivity index (χ2n) is 19.5. The normalized spacial score (nSPS) is 16.3. The van der Waals surface area contributed by atoms with E-state index in [1.54, 1.807) is 45.0 Å². The summed E-state index contributed by atoms with van der Waals surface area (Å²) in [5.41, 5.74) is -3.57. The quantitative estimate of drug-likeness (QED) is 0.0627. The van der Waals surface area contributed by atoms with E-state index >= 15 is 0 Å². The van der Waals surface area contributed by atoms with Crippen LogP contribution in [0.4, 0.5) is 29.3 Å². The Labute approximate surface area is 454 Å². The van der Waals surface area contributed by atoms with Crippen molar-refractivity contribution in [2.75, 3.05) is 74.8 Å². The SMILES string of the molecule is CN(CS(=O)NC(c1ccccc1-c1ccc(Cl)cc1)C1CCN(c2ccc(C(=O)NS(=O)(=O)c3ccc(NC(CCN4CCOCC4)CSc4ccccc4)c(S(=O)(=O)C(F)(F)F)c3)cc2)CC1)C(=O)OC(C)(C)C. The summed E-state index contributed by atoms with van der Waals surface area (Å²) in [6.07, 6.45) is 1.07. The van der Waals surface area contributed by atoms with Crippen LogP contribution in [0.3, 0.4) is 0 Å². The first-order chi connectivity index (χ1) is 36.0. The number of carbonyl (C=O) groups excluding carboxylic acids is 2. The molecule has 0 radical (unpaired) electrons. The van der Waals surface area contributed by atoms with Crippen molar-refractivity contribution in [3.63, 3.8) is 0 Å². The molecular weight excluding hydrogens is 1090 g/mol. The Hall–Kier alpha value is -5.20. The molecule has 0 bridgehead atoms. The molecule has 2 saturated heterocycles. The van der Waals surface area contributed by atoms with Gasteiger partial charge in [-0.25, -0.2) is 35.3 Å². The standard InChI is InChI=1S/C53H62ClF3N6O9S4/c1-52(2,3)72-51(65)61(4)36-74(66)59-49(46-13-9-8-12-45(46)37-14-18-40(54)19-15-37)38-24-28-63(29-25-38)42-20-16-39(17-21-42)50(64)60-76(69,70)44-22-23-47(48(34-44)75(67,68)53(55,56)57)58-41(26-27-62-30-32-71-33-31-62)35-73-43-10-6-5-7-11-43/h5-23,34,38,41,49,58-59H,24-33,35-36H2,1-4H3,(H,60,64). The number of carbonyl (C=O) groups is 2. The lowest BCUT2D eigenvalue weighted by molar-refractivity contribution is -0.0436. The molecule has 2 fully saturated rings. The topological polar surface area (TPSA) is 184 Å². The van der Waals surface area contributed by atoms with Gasteiger partial charge in [-0.3, -0.25) is 14.6 Å². The minimum atomic E-state index is -6.11. The molecule has 2 heterocycles. The third kappa shape index (κ3) is 15.7. The molecule has 2 aliphatic rings. The van der Waals surface area contributed by atoms with E-state index in [0.717, 1.165) is 39.4 Å². The molecule has 23 heteroatoms. The van der Waals surface area contributed by atoms with Gasteiger partial charge in [-0.2, -0.15) is 13.2 Å². The van der Waals surface area contributed by atoms with Gasteiger partial charge in [0.25, 0.3) is 25.8 Å². The fourth-order valence-corrected chi connectivity index (χ4v) is 13.1. The summed E-state index contributed by atoms with van der Waals surface area (Å²) in [4.78, 5) is 30.5. The van der Waals surface area contributed by atoms with Crippen LogP contribution >= 0.6 is 23.4 Å². The number of alkyl halides is 3. The summed E-state index contributed by atoms with van der Waals surface area (Å²) in [5.74, 6) is -0.918. The largest absolute Gasteiger partial charge is 0.501 e. The van der Waals surface area contributed by atoms with Crippen molar-refractivity contribution in [1.82, 2.24) is 19.2 Å². The fourth-order valence-electron chi connectivity index (χ4n) is 8.81. The molecule has 3 N–H and O–H groups in total. The average molecular weight is 1150 g/mol. The van der Waals surface area contributed by atoms with Crippen LogP contribution < -0.4 is 19.7 Å². The third-order valence-corrected chi connectivity index (χ3v) is 18.2. The van der Waals surface area contributed by atoms with Crippen molar-refractivity contribution in [3.8, 4) is 11.1 Å². The molecule has 76 heavy (non-hydrogen) atoms. The highest BCUT2D eigenvalue weighted by Gasteiger charge is 2.48. The van der Waals surface area contributed by atoms with E-state index in [1.165, 1.54) is 35.8 Å². The number of halogens is 4. The van der Waals surface area contributed by atoms with E-state index in [0.29, 0.717) is 82.0 Å². The lowest BCUT2D eigenvalue weighted by Gasteiger charge is -2.38. The first-order valence-corrected chi connectivity index (χ1v) is 30.2. The van der Waals surface area contributed by atoms with Gasteiger partial charge >= 0.3 is 11.6 Å². The summed E-state index contributed by atoms with van der Waals surface area (Å²) in [5, 5.41) is 3.56. The molecule has 2 aliphatic heterocycles. The number of sulfonamides is 1. The number of rotatable bonds is 20. The van der Waals surface area contributed by atoms with E-state index in [4.69, 9.17) is 21.1 Å². The number of ether oxygens (including phenoxy) is 2. The molecule has 410 valence electrons. The smallest absolute Gasteiger partial charge is 0.444 e. The molecule has 0 spiro atoms. The Morgan fingerprint density at radius 3 is 2.16 bits per heavy atom. The highest BCUT2D eigenvalue weighted by atomic mass is 35.5. The summed E-state index contributed by atoms with van der Waals surface area (Å²) < 4.78 is 127. The van der Waals surface area contributed by atoms with Gasteiger partial charge in [-0.1, -0.05) is 66.2 Å². The molecule has 3 unspecified atom stereocenters. The van der Waals surface area contributed by atoms with Gasteiger partial charge in [0.2, 0.25) is 0 Å². The molecule has 0 aliphatic carbocycles. The lowest BCUT2D eigenvalue weighted by Crippen LogP contribution is -2.42. The Bertz CT molecular complexity index is 3030. The molecule has 5 aromatic carbocycles. The Kier molecular flexibility index (Phi) is 19.6. The highest BCUT2D eigenvalue weighted by molar-refractivity contribution is 7.99. The number of nitrogens with zero attached hydrogens (tertiary/aromatic N) is 3. The van der Waals surface area contributed by atoms with Gasteiger partial charge in [-0.05, 0) is 129 Å². The summed E-state index contributed by atoms with van der Waals surface area (Å²) >= 11 is 7.66. The first kappa shape index (κ1) is 58.5. The van der Waals surface area contributed by atoms with Crippen LogP contribution in [0.15, 0.2) is 136 Å². The van der Waals surface area contributed by atoms with Gasteiger partial charge in [0.15, 0.2) is 0 Å². The minimum absolute atomic E-state index is 0.0346. The average Bonchev–Trinajstić information content (AvgIpc) is 3.41. The van der Waals surface area contributed by atoms with Crippen LogP contribution in [0.5, 0.6) is 0 Å². The Morgan fingerprint density at radius 2 is 1.51 bits per heavy atom. The zero-order valence-electron chi connectivity index (χ0n) is 42.4. The molecule has 2 amide bonds. The first-order valence-electron chi connectivity index (χ1n) is 24.5. The van der Waals surface area contributed by atoms with E-state index in [2.05, 4.69) is 19.8 Å². The number of amides is 2. The number of thioether (sulfide) groups is 1. The van der Waals surface area contributed by atoms with Crippen molar-refractivity contribution in [3.05, 3.63) is 137 Å². The number of hydrogen-bond acceptors (Lipinski definition) is 13. The van der Waals surface area contributed by atoms with Crippen molar-refractivity contribution >= 4 is 77.6 Å². The van der Waals surface area contributed by atoms with Gasteiger partial charge < -0.3 is 19.7 Å². The zero-order valence-corrected chi connectivity index (χ0v) is 46.4. The molecule has 7 rings (SSSR count). The van der Waals surface area contributed by atoms with Crippen LogP contribution in [0, 0.1) is 5.92 Å². The van der Waals surface area contributed by atoms with Crippen LogP contribution in [0.25, 0.3) is 11.1 Å². The zero-order chi connectivity index (χ0) is 54.8. The van der Waals surface area contributed by atoms with Gasteiger partial charge in [-0.15, -0.1) is 11.8 Å². The van der Waals surface area contributed by atoms with E-state index in [-0.39, 0.29) is 17.4 Å². The lowest BCUT2D eigenvalue weighted by atomic mass is 9.83. The van der Waals surface area contributed by atoms with Crippen molar-refractivity contribution < 1.29 is 53.3 Å². The summed E-state index contributed by atoms with van der Waals surface area (Å²) in [7, 11) is -11.2. The van der Waals surface area contributed by atoms with Crippen LogP contribution in [-0.4, -0.2) is 125 Å². The number of hydrogen-bond donors (Lipinski definition) is 3. The monoisotopic (exact) mass is 1150 g/mol. The van der Waals surface area contributed by atoms with Crippen LogP contribution in [0.2, 0.25) is 5.02 Å². The van der Waals surface area contributed by atoms with Crippen molar-refractivity contribution in [2.24, 2.45) is 5.92 Å². The minimum Gasteiger partial charge on any atom is -0.444 e. The van der Waals surface area contributed by atoms with Gasteiger partial charge in [0, 0.05) is 78.8 Å². The third-order valence-electron chi connectivity index (χ3n) is 12.8. The maximum absolute atomic E-state index is 14.3. The number of morpholine rings is 1. The molecule has 5 aromatic rings. The number of sulfone groups is 1. The van der Waals surface area contributed by atoms with Crippen molar-refractivity contribution in [1.29, 1.82) is 0 Å². The maximum atomic E-state index is 14.3. The molecule has 0 aromatic heterocycles. The Morgan fingerprint density at radius 1 is 0.868 bits per heavy atom. The van der Waals surface area contributed by atoms with Crippen LogP contribution in [0.1, 0.15) is 62.0 Å². The molecule has 0 saturated carbocycles. The molecular formula is C53H62ClF3N6O9S4. The number of benzene rings is 5. The van der Waals surface area contributed by atoms with E-state index in [1.807, 2.05) is 71.5 Å². The number of piperidine rings is 1. The summed E-state index contributed by atoms with van der Waals surface area (Å²) in [6.45, 7) is 9.25. The van der Waals surface area contributed by atoms with Crippen molar-refractivity contribution in [2.45, 2.75) is 77.9 Å². The van der Waals surface area contributed by atoms with Crippen LogP contribution in [-0.2, 0) is 40.3 Å². The number of anilines is 2. The summed E-state index contributed by atoms with van der Waals surface area (Å²) in [6, 6.07) is 32.1. The second-order valence-corrected chi connectivity index (χ2v) is 25.8. The van der Waals surface area contributed by atoms with E-state index in [9.17, 15) is 43.8 Å². The predicted molar refractivity (Wildman–Crippen MR) is 292 cm³/mol. The molecule has 15 nitrogen and oxygen atoms in total. The van der Waals surface area contributed by atoms with Gasteiger partial charge in [0.1, 0.15) is 27.4 Å². The maximum Gasteiger partial charge on any atom is 0.501 e. The Balaban J connectivity index is 1.05. The number of nitrogens with one attached hydrogen (secondary N) is 3. The fraction of sp³-hybridized carbons (Fsp3) is 0.396. The predicted octanol–water partition coefficient (Wildman–Crippen LogP) is 9.75. The van der Waals surface area contributed by atoms with Gasteiger partial charge in [0.05, 0.1) is 23.8 Å². The molecule has 3 atom stereocenters. The second kappa shape index (κ2) is 25.5.